The fourth-order valence-corrected chi connectivity index (χ4v) is 2.74. The molecular weight excluding hydrogens is 340 g/mol. The predicted octanol–water partition coefficient (Wildman–Crippen LogP) is 3.47. The number of nitrogens with zero attached hydrogens (tertiary/aromatic N) is 1. The molecule has 1 atom stereocenters. The molecule has 1 unspecified atom stereocenters. The Bertz CT molecular complexity index is 773. The number of benzene rings is 2. The van der Waals surface area contributed by atoms with Gasteiger partial charge in [0.1, 0.15) is 0 Å². The Hall–Kier alpha value is -2.53. The van der Waals surface area contributed by atoms with Crippen LogP contribution in [0.5, 0.6) is 0 Å². The summed E-state index contributed by atoms with van der Waals surface area (Å²) in [6, 6.07) is 11.7. The summed E-state index contributed by atoms with van der Waals surface area (Å²) in [7, 11) is 3.74. The van der Waals surface area contributed by atoms with Crippen molar-refractivity contribution in [1.82, 2.24) is 5.32 Å². The average molecular weight is 361 g/mol. The summed E-state index contributed by atoms with van der Waals surface area (Å²) < 4.78 is 0. The van der Waals surface area contributed by atoms with Crippen LogP contribution in [0.25, 0.3) is 0 Å². The lowest BCUT2D eigenvalue weighted by Gasteiger charge is -2.19. The van der Waals surface area contributed by atoms with E-state index < -0.39 is 5.97 Å². The molecule has 2 aromatic carbocycles. The number of carbonyl (C=O) groups excluding carboxylic acids is 1. The third-order valence-corrected chi connectivity index (χ3v) is 4.04. The van der Waals surface area contributed by atoms with Crippen LogP contribution in [-0.2, 0) is 6.42 Å². The third kappa shape index (κ3) is 4.97. The highest BCUT2D eigenvalue weighted by Gasteiger charge is 2.16. The van der Waals surface area contributed by atoms with Crippen molar-refractivity contribution in [3.63, 3.8) is 0 Å². The molecule has 2 aromatic rings. The molecule has 0 bridgehead atoms. The molecule has 0 radical (unpaired) electrons. The summed E-state index contributed by atoms with van der Waals surface area (Å²) in [6.45, 7) is 1.91. The van der Waals surface area contributed by atoms with Gasteiger partial charge in [-0.05, 0) is 49.2 Å². The van der Waals surface area contributed by atoms with Crippen LogP contribution in [0, 0.1) is 0 Å². The van der Waals surface area contributed by atoms with Gasteiger partial charge in [-0.2, -0.15) is 0 Å². The third-order valence-electron chi connectivity index (χ3n) is 3.81. The van der Waals surface area contributed by atoms with E-state index in [2.05, 4.69) is 5.32 Å². The molecule has 1 amide bonds. The van der Waals surface area contributed by atoms with Crippen molar-refractivity contribution in [2.75, 3.05) is 19.0 Å². The molecule has 132 valence electrons. The highest BCUT2D eigenvalue weighted by atomic mass is 35.5. The second-order valence-electron chi connectivity index (χ2n) is 6.14. The number of hydrogen-bond donors (Lipinski definition) is 2. The van der Waals surface area contributed by atoms with Crippen LogP contribution in [-0.4, -0.2) is 37.1 Å². The number of nitrogens with one attached hydrogen (secondary N) is 1. The second kappa shape index (κ2) is 8.03. The Labute approximate surface area is 152 Å². The number of amides is 1. The lowest BCUT2D eigenvalue weighted by atomic mass is 10.0. The first-order chi connectivity index (χ1) is 11.8. The molecule has 2 rings (SSSR count). The zero-order valence-electron chi connectivity index (χ0n) is 14.4. The largest absolute Gasteiger partial charge is 0.478 e. The van der Waals surface area contributed by atoms with E-state index in [1.807, 2.05) is 32.0 Å². The lowest BCUT2D eigenvalue weighted by molar-refractivity contribution is 0.0696. The second-order valence-corrected chi connectivity index (χ2v) is 6.57. The van der Waals surface area contributed by atoms with Crippen LogP contribution in [0.15, 0.2) is 42.5 Å². The van der Waals surface area contributed by atoms with Crippen molar-refractivity contribution in [1.29, 1.82) is 0 Å². The molecule has 0 aliphatic heterocycles. The number of aromatic carboxylic acids is 1. The van der Waals surface area contributed by atoms with E-state index in [4.69, 9.17) is 16.7 Å². The van der Waals surface area contributed by atoms with Crippen LogP contribution >= 0.6 is 11.6 Å². The number of carbonyl (C=O) groups is 2. The predicted molar refractivity (Wildman–Crippen MR) is 99.8 cm³/mol. The summed E-state index contributed by atoms with van der Waals surface area (Å²) >= 11 is 6.03. The van der Waals surface area contributed by atoms with Gasteiger partial charge in [0.05, 0.1) is 11.1 Å². The van der Waals surface area contributed by atoms with Gasteiger partial charge in [0.25, 0.3) is 5.91 Å². The minimum absolute atomic E-state index is 0.114. The Kier molecular flexibility index (Phi) is 6.04. The SMILES string of the molecule is CC(Cc1ccc(C(=O)O)cc1)NC(=O)c1cc(Cl)ccc1N(C)C. The summed E-state index contributed by atoms with van der Waals surface area (Å²) in [4.78, 5) is 25.3. The number of halogens is 1. The van der Waals surface area contributed by atoms with Crippen LogP contribution in [0.4, 0.5) is 5.69 Å². The number of rotatable bonds is 6. The van der Waals surface area contributed by atoms with E-state index in [9.17, 15) is 9.59 Å². The van der Waals surface area contributed by atoms with Gasteiger partial charge in [-0.15, -0.1) is 0 Å². The molecule has 0 aliphatic carbocycles. The smallest absolute Gasteiger partial charge is 0.335 e. The number of carboxylic acid groups (broad SMARTS) is 1. The quantitative estimate of drug-likeness (QED) is 0.827. The fourth-order valence-electron chi connectivity index (χ4n) is 2.57. The zero-order chi connectivity index (χ0) is 18.6. The van der Waals surface area contributed by atoms with Crippen molar-refractivity contribution >= 4 is 29.2 Å². The van der Waals surface area contributed by atoms with Crippen LogP contribution in [0.1, 0.15) is 33.2 Å². The first kappa shape index (κ1) is 18.8. The molecule has 0 aromatic heterocycles. The molecule has 0 aliphatic rings. The van der Waals surface area contributed by atoms with Gasteiger partial charge in [0, 0.05) is 30.8 Å². The summed E-state index contributed by atoms with van der Waals surface area (Å²) in [5.74, 6) is -1.15. The molecule has 5 nitrogen and oxygen atoms in total. The van der Waals surface area contributed by atoms with Gasteiger partial charge in [0.15, 0.2) is 0 Å². The van der Waals surface area contributed by atoms with Crippen molar-refractivity contribution in [3.8, 4) is 0 Å². The standard InChI is InChI=1S/C19H21ClN2O3/c1-12(10-13-4-6-14(7-5-13)19(24)25)21-18(23)16-11-15(20)8-9-17(16)22(2)3/h4-9,11-12H,10H2,1-3H3,(H,21,23)(H,24,25). The van der Waals surface area contributed by atoms with E-state index in [0.717, 1.165) is 11.3 Å². The number of hydrogen-bond acceptors (Lipinski definition) is 3. The van der Waals surface area contributed by atoms with Gasteiger partial charge in [-0.3, -0.25) is 4.79 Å². The van der Waals surface area contributed by atoms with E-state index in [0.29, 0.717) is 17.0 Å². The topological polar surface area (TPSA) is 69.6 Å². The van der Waals surface area contributed by atoms with E-state index in [1.54, 1.807) is 36.4 Å². The highest BCUT2D eigenvalue weighted by molar-refractivity contribution is 6.31. The Morgan fingerprint density at radius 2 is 1.80 bits per heavy atom. The number of carboxylic acids is 1. The molecule has 0 spiro atoms. The highest BCUT2D eigenvalue weighted by Crippen LogP contribution is 2.23. The van der Waals surface area contributed by atoms with Gasteiger partial charge in [-0.25, -0.2) is 4.79 Å². The summed E-state index contributed by atoms with van der Waals surface area (Å²) in [5.41, 5.74) is 2.51. The van der Waals surface area contributed by atoms with Gasteiger partial charge in [-0.1, -0.05) is 23.7 Å². The fraction of sp³-hybridized carbons (Fsp3) is 0.263. The molecule has 0 heterocycles. The first-order valence-electron chi connectivity index (χ1n) is 7.88. The summed E-state index contributed by atoms with van der Waals surface area (Å²) in [6.07, 6.45) is 0.601. The normalized spacial score (nSPS) is 11.7. The van der Waals surface area contributed by atoms with Gasteiger partial charge < -0.3 is 15.3 Å². The molecule has 2 N–H and O–H groups in total. The summed E-state index contributed by atoms with van der Waals surface area (Å²) in [5, 5.41) is 12.4. The van der Waals surface area contributed by atoms with E-state index >= 15 is 0 Å². The van der Waals surface area contributed by atoms with Crippen LogP contribution in [0.3, 0.4) is 0 Å². The Balaban J connectivity index is 2.07. The molecule has 6 heteroatoms. The molecule has 0 saturated carbocycles. The van der Waals surface area contributed by atoms with E-state index in [1.165, 1.54) is 0 Å². The van der Waals surface area contributed by atoms with Gasteiger partial charge >= 0.3 is 5.97 Å². The van der Waals surface area contributed by atoms with Crippen molar-refractivity contribution < 1.29 is 14.7 Å². The maximum absolute atomic E-state index is 12.6. The zero-order valence-corrected chi connectivity index (χ0v) is 15.2. The van der Waals surface area contributed by atoms with Crippen molar-refractivity contribution in [3.05, 3.63) is 64.2 Å². The monoisotopic (exact) mass is 360 g/mol. The lowest BCUT2D eigenvalue weighted by Crippen LogP contribution is -2.35. The first-order valence-corrected chi connectivity index (χ1v) is 8.25. The van der Waals surface area contributed by atoms with Crippen LogP contribution in [0.2, 0.25) is 5.02 Å². The van der Waals surface area contributed by atoms with Gasteiger partial charge in [0.2, 0.25) is 0 Å². The maximum Gasteiger partial charge on any atom is 0.335 e. The van der Waals surface area contributed by atoms with E-state index in [-0.39, 0.29) is 17.5 Å². The molecular formula is C19H21ClN2O3. The molecule has 25 heavy (non-hydrogen) atoms. The average Bonchev–Trinajstić information content (AvgIpc) is 2.54. The minimum Gasteiger partial charge on any atom is -0.478 e. The Morgan fingerprint density at radius 3 is 2.36 bits per heavy atom. The van der Waals surface area contributed by atoms with Crippen molar-refractivity contribution in [2.24, 2.45) is 0 Å². The molecule has 0 saturated heterocycles. The van der Waals surface area contributed by atoms with Crippen molar-refractivity contribution in [2.45, 2.75) is 19.4 Å². The molecule has 0 fully saturated rings. The Morgan fingerprint density at radius 1 is 1.16 bits per heavy atom. The van der Waals surface area contributed by atoms with Crippen LogP contribution < -0.4 is 10.2 Å². The minimum atomic E-state index is -0.954. The number of anilines is 1. The maximum atomic E-state index is 12.6.